The van der Waals surface area contributed by atoms with Crippen LogP contribution in [0.25, 0.3) is 11.1 Å². The van der Waals surface area contributed by atoms with Crippen molar-refractivity contribution in [3.05, 3.63) is 53.3 Å². The van der Waals surface area contributed by atoms with Gasteiger partial charge in [0.25, 0.3) is 0 Å². The predicted molar refractivity (Wildman–Crippen MR) is 77.4 cm³/mol. The normalized spacial score (nSPS) is 10.1. The van der Waals surface area contributed by atoms with E-state index in [2.05, 4.69) is 11.7 Å². The van der Waals surface area contributed by atoms with Crippen molar-refractivity contribution in [2.75, 3.05) is 0 Å². The van der Waals surface area contributed by atoms with Crippen molar-refractivity contribution in [1.82, 2.24) is 9.78 Å². The summed E-state index contributed by atoms with van der Waals surface area (Å²) in [5.74, 6) is -0.160. The Morgan fingerprint density at radius 3 is 2.90 bits per heavy atom. The average molecular weight is 286 g/mol. The highest BCUT2D eigenvalue weighted by molar-refractivity contribution is 6.31. The van der Waals surface area contributed by atoms with Crippen molar-refractivity contribution >= 4 is 17.4 Å². The minimum Gasteiger partial charge on any atom is -0.294 e. The van der Waals surface area contributed by atoms with E-state index in [0.29, 0.717) is 16.1 Å². The fourth-order valence-corrected chi connectivity index (χ4v) is 2.06. The molecular formula is C15H12ClN3O. The smallest absolute Gasteiger partial charge is 0.168 e. The Hall–Kier alpha value is -2.38. The van der Waals surface area contributed by atoms with Gasteiger partial charge < -0.3 is 0 Å². The van der Waals surface area contributed by atoms with Crippen molar-refractivity contribution < 1.29 is 4.79 Å². The summed E-state index contributed by atoms with van der Waals surface area (Å²) >= 11 is 6.00. The van der Waals surface area contributed by atoms with Gasteiger partial charge in [-0.1, -0.05) is 18.2 Å². The topological polar surface area (TPSA) is 58.7 Å². The second-order valence-electron chi connectivity index (χ2n) is 4.41. The van der Waals surface area contributed by atoms with Gasteiger partial charge in [-0.15, -0.1) is 0 Å². The summed E-state index contributed by atoms with van der Waals surface area (Å²) in [7, 11) is 1.80. The number of rotatable bonds is 4. The molecule has 0 bridgehead atoms. The molecule has 2 rings (SSSR count). The number of benzene rings is 1. The van der Waals surface area contributed by atoms with Gasteiger partial charge in [-0.05, 0) is 23.8 Å². The average Bonchev–Trinajstić information content (AvgIpc) is 2.84. The monoisotopic (exact) mass is 285 g/mol. The number of carbonyl (C=O) groups is 1. The summed E-state index contributed by atoms with van der Waals surface area (Å²) in [4.78, 5) is 12.2. The number of carbonyl (C=O) groups excluding carboxylic acids is 1. The molecular weight excluding hydrogens is 274 g/mol. The Labute approximate surface area is 121 Å². The number of nitriles is 1. The first kappa shape index (κ1) is 14.0. The third-order valence-corrected chi connectivity index (χ3v) is 3.07. The minimum absolute atomic E-state index is 0.00535. The van der Waals surface area contributed by atoms with Gasteiger partial charge in [-0.25, -0.2) is 0 Å². The lowest BCUT2D eigenvalue weighted by atomic mass is 9.96. The molecule has 5 heteroatoms. The van der Waals surface area contributed by atoms with Crippen molar-refractivity contribution in [3.8, 4) is 17.2 Å². The summed E-state index contributed by atoms with van der Waals surface area (Å²) in [6.45, 7) is 3.54. The molecule has 1 aromatic heterocycles. The number of hydrogen-bond donors (Lipinski definition) is 0. The van der Waals surface area contributed by atoms with E-state index in [1.807, 2.05) is 12.3 Å². The molecule has 1 heterocycles. The number of nitrogens with zero attached hydrogens (tertiary/aromatic N) is 3. The highest BCUT2D eigenvalue weighted by Gasteiger charge is 2.15. The van der Waals surface area contributed by atoms with Crippen LogP contribution >= 0.6 is 11.6 Å². The maximum Gasteiger partial charge on any atom is 0.168 e. The number of aryl methyl sites for hydroxylation is 1. The van der Waals surface area contributed by atoms with Gasteiger partial charge in [0, 0.05) is 41.4 Å². The molecule has 0 saturated carbocycles. The lowest BCUT2D eigenvalue weighted by Gasteiger charge is -2.07. The molecule has 0 N–H and O–H groups in total. The Morgan fingerprint density at radius 1 is 1.55 bits per heavy atom. The molecule has 1 aromatic carbocycles. The Kier molecular flexibility index (Phi) is 4.02. The van der Waals surface area contributed by atoms with E-state index in [4.69, 9.17) is 16.9 Å². The van der Waals surface area contributed by atoms with Crippen LogP contribution in [0, 0.1) is 11.3 Å². The van der Waals surface area contributed by atoms with Crippen LogP contribution in [0.5, 0.6) is 0 Å². The zero-order chi connectivity index (χ0) is 14.7. The summed E-state index contributed by atoms with van der Waals surface area (Å²) in [6.07, 6.45) is 3.48. The predicted octanol–water partition coefficient (Wildman–Crippen LogP) is 3.39. The van der Waals surface area contributed by atoms with Crippen molar-refractivity contribution in [1.29, 1.82) is 5.26 Å². The number of aromatic nitrogens is 2. The highest BCUT2D eigenvalue weighted by Crippen LogP contribution is 2.28. The Balaban J connectivity index is 2.46. The number of halogens is 1. The van der Waals surface area contributed by atoms with E-state index < -0.39 is 0 Å². The van der Waals surface area contributed by atoms with Gasteiger partial charge in [0.05, 0.1) is 12.3 Å². The van der Waals surface area contributed by atoms with Crippen LogP contribution in [-0.4, -0.2) is 15.6 Å². The standard InChI is InChI=1S/C15H12ClN3O/c1-10(7-17)5-15(20)13-4-3-12(16)6-14(13)11-8-18-19(2)9-11/h3-4,6,8-9H,1,5H2,2H3. The van der Waals surface area contributed by atoms with E-state index in [1.165, 1.54) is 0 Å². The Bertz CT molecular complexity index is 725. The number of Topliss-reactive ketones (excluding diaryl/α,β-unsaturated/α-hetero) is 1. The largest absolute Gasteiger partial charge is 0.294 e. The van der Waals surface area contributed by atoms with Gasteiger partial charge in [0.15, 0.2) is 5.78 Å². The lowest BCUT2D eigenvalue weighted by Crippen LogP contribution is -2.02. The molecule has 0 radical (unpaired) electrons. The van der Waals surface area contributed by atoms with Crippen molar-refractivity contribution in [3.63, 3.8) is 0 Å². The van der Waals surface area contributed by atoms with Crippen molar-refractivity contribution in [2.24, 2.45) is 7.05 Å². The zero-order valence-corrected chi connectivity index (χ0v) is 11.7. The molecule has 0 fully saturated rings. The molecule has 100 valence electrons. The summed E-state index contributed by atoms with van der Waals surface area (Å²) < 4.78 is 1.65. The fraction of sp³-hybridized carbons (Fsp3) is 0.133. The zero-order valence-electron chi connectivity index (χ0n) is 10.9. The molecule has 0 aliphatic heterocycles. The van der Waals surface area contributed by atoms with E-state index in [0.717, 1.165) is 5.56 Å². The summed E-state index contributed by atoms with van der Waals surface area (Å²) in [6, 6.07) is 6.93. The van der Waals surface area contributed by atoms with Crippen LogP contribution in [-0.2, 0) is 7.05 Å². The van der Waals surface area contributed by atoms with E-state index >= 15 is 0 Å². The van der Waals surface area contributed by atoms with E-state index in [1.54, 1.807) is 36.1 Å². The van der Waals surface area contributed by atoms with Crippen LogP contribution in [0.3, 0.4) is 0 Å². The van der Waals surface area contributed by atoms with Gasteiger partial charge in [-0.3, -0.25) is 9.48 Å². The molecule has 0 aliphatic carbocycles. The second-order valence-corrected chi connectivity index (χ2v) is 4.84. The van der Waals surface area contributed by atoms with Crippen LogP contribution in [0.2, 0.25) is 5.02 Å². The van der Waals surface area contributed by atoms with Crippen LogP contribution < -0.4 is 0 Å². The second kappa shape index (κ2) is 5.72. The maximum atomic E-state index is 12.2. The third kappa shape index (κ3) is 2.95. The number of allylic oxidation sites excluding steroid dienone is 1. The minimum atomic E-state index is -0.160. The van der Waals surface area contributed by atoms with Gasteiger partial charge in [-0.2, -0.15) is 10.4 Å². The number of ketones is 1. The van der Waals surface area contributed by atoms with Crippen LogP contribution in [0.1, 0.15) is 16.8 Å². The van der Waals surface area contributed by atoms with E-state index in [9.17, 15) is 4.79 Å². The first-order valence-corrected chi connectivity index (χ1v) is 6.28. The molecule has 0 amide bonds. The lowest BCUT2D eigenvalue weighted by molar-refractivity contribution is 0.0995. The maximum absolute atomic E-state index is 12.2. The Morgan fingerprint density at radius 2 is 2.30 bits per heavy atom. The molecule has 0 saturated heterocycles. The van der Waals surface area contributed by atoms with E-state index in [-0.39, 0.29) is 17.8 Å². The van der Waals surface area contributed by atoms with Gasteiger partial charge in [0.1, 0.15) is 0 Å². The fourth-order valence-electron chi connectivity index (χ4n) is 1.89. The summed E-state index contributed by atoms with van der Waals surface area (Å²) in [5.41, 5.74) is 2.27. The molecule has 0 spiro atoms. The molecule has 0 atom stereocenters. The quantitative estimate of drug-likeness (QED) is 0.639. The van der Waals surface area contributed by atoms with Crippen LogP contribution in [0.4, 0.5) is 0 Å². The first-order chi connectivity index (χ1) is 9.51. The SMILES string of the molecule is C=C(C#N)CC(=O)c1ccc(Cl)cc1-c1cnn(C)c1. The molecule has 4 nitrogen and oxygen atoms in total. The first-order valence-electron chi connectivity index (χ1n) is 5.91. The summed E-state index contributed by atoms with van der Waals surface area (Å²) in [5, 5.41) is 13.4. The molecule has 20 heavy (non-hydrogen) atoms. The van der Waals surface area contributed by atoms with Gasteiger partial charge >= 0.3 is 0 Å². The van der Waals surface area contributed by atoms with Crippen LogP contribution in [0.15, 0.2) is 42.7 Å². The van der Waals surface area contributed by atoms with Gasteiger partial charge in [0.2, 0.25) is 0 Å². The molecule has 2 aromatic rings. The molecule has 0 aliphatic rings. The third-order valence-electron chi connectivity index (χ3n) is 2.83. The highest BCUT2D eigenvalue weighted by atomic mass is 35.5. The number of hydrogen-bond acceptors (Lipinski definition) is 3. The van der Waals surface area contributed by atoms with Crippen molar-refractivity contribution in [2.45, 2.75) is 6.42 Å². The molecule has 0 unspecified atom stereocenters.